The van der Waals surface area contributed by atoms with Crippen LogP contribution in [0.15, 0.2) is 48.5 Å². The second-order valence-electron chi connectivity index (χ2n) is 8.11. The van der Waals surface area contributed by atoms with Crippen molar-refractivity contribution in [3.05, 3.63) is 70.4 Å². The Kier molecular flexibility index (Phi) is 6.37. The molecule has 0 saturated carbocycles. The van der Waals surface area contributed by atoms with Crippen molar-refractivity contribution >= 4 is 33.2 Å². The van der Waals surface area contributed by atoms with E-state index in [0.29, 0.717) is 28.9 Å². The Hall–Kier alpha value is -2.73. The molecular weight excluding hydrogens is 411 g/mol. The van der Waals surface area contributed by atoms with E-state index >= 15 is 0 Å². The molecule has 1 aliphatic heterocycles. The number of aryl methyl sites for hydroxylation is 1. The lowest BCUT2D eigenvalue weighted by molar-refractivity contribution is -0.134. The summed E-state index contributed by atoms with van der Waals surface area (Å²) in [6.45, 7) is 5.10. The first-order chi connectivity index (χ1) is 15.0. The summed E-state index contributed by atoms with van der Waals surface area (Å²) in [6, 6.07) is 14.9. The minimum atomic E-state index is -0.291. The number of hydrogen-bond acceptors (Lipinski definition) is 3. The van der Waals surface area contributed by atoms with Crippen LogP contribution in [0.25, 0.3) is 10.1 Å². The number of nitrogens with one attached hydrogen (secondary N) is 1. The number of benzene rings is 2. The minimum Gasteiger partial charge on any atom is -0.348 e. The number of halogens is 1. The Balaban J connectivity index is 1.38. The molecule has 1 atom stereocenters. The van der Waals surface area contributed by atoms with Gasteiger partial charge >= 0.3 is 0 Å². The van der Waals surface area contributed by atoms with Crippen LogP contribution in [0.1, 0.15) is 52.9 Å². The second kappa shape index (κ2) is 9.18. The molecule has 4 rings (SSSR count). The molecule has 0 bridgehead atoms. The number of likely N-dealkylation sites (tertiary alicyclic amines) is 1. The van der Waals surface area contributed by atoms with Crippen molar-refractivity contribution in [3.8, 4) is 0 Å². The highest BCUT2D eigenvalue weighted by molar-refractivity contribution is 7.21. The van der Waals surface area contributed by atoms with Crippen LogP contribution in [-0.2, 0) is 4.79 Å². The van der Waals surface area contributed by atoms with E-state index in [2.05, 4.69) is 5.32 Å². The molecule has 1 unspecified atom stereocenters. The lowest BCUT2D eigenvalue weighted by Crippen LogP contribution is -2.47. The van der Waals surface area contributed by atoms with Crippen LogP contribution in [-0.4, -0.2) is 35.8 Å². The molecule has 1 fully saturated rings. The van der Waals surface area contributed by atoms with Gasteiger partial charge in [-0.15, -0.1) is 11.3 Å². The van der Waals surface area contributed by atoms with Gasteiger partial charge in [-0.25, -0.2) is 4.39 Å². The molecule has 4 nitrogen and oxygen atoms in total. The average Bonchev–Trinajstić information content (AvgIpc) is 3.13. The Bertz CT molecular complexity index is 1090. The van der Waals surface area contributed by atoms with Gasteiger partial charge < -0.3 is 10.2 Å². The molecule has 6 heteroatoms. The number of thiophene rings is 1. The van der Waals surface area contributed by atoms with E-state index in [-0.39, 0.29) is 29.6 Å². The molecule has 2 amide bonds. The highest BCUT2D eigenvalue weighted by Crippen LogP contribution is 2.33. The van der Waals surface area contributed by atoms with Gasteiger partial charge in [0.05, 0.1) is 10.8 Å². The van der Waals surface area contributed by atoms with Crippen LogP contribution in [0, 0.1) is 12.7 Å². The quantitative estimate of drug-likeness (QED) is 0.590. The third kappa shape index (κ3) is 4.35. The lowest BCUT2D eigenvalue weighted by atomic mass is 9.93. The zero-order valence-corrected chi connectivity index (χ0v) is 18.7. The molecule has 1 N–H and O–H groups in total. The highest BCUT2D eigenvalue weighted by atomic mass is 32.1. The van der Waals surface area contributed by atoms with Gasteiger partial charge in [0.1, 0.15) is 5.82 Å². The maximum absolute atomic E-state index is 14.2. The van der Waals surface area contributed by atoms with Crippen LogP contribution >= 0.6 is 11.3 Å². The fraction of sp³-hybridized carbons (Fsp3) is 0.360. The molecule has 2 heterocycles. The number of hydrogen-bond donors (Lipinski definition) is 1. The smallest absolute Gasteiger partial charge is 0.261 e. The summed E-state index contributed by atoms with van der Waals surface area (Å²) in [5, 5.41) is 3.63. The fourth-order valence-electron chi connectivity index (χ4n) is 4.42. The number of nitrogens with zero attached hydrogens (tertiary/aromatic N) is 1. The van der Waals surface area contributed by atoms with Crippen molar-refractivity contribution in [2.75, 3.05) is 13.1 Å². The first-order valence-corrected chi connectivity index (χ1v) is 11.6. The van der Waals surface area contributed by atoms with Crippen LogP contribution in [0.3, 0.4) is 0 Å². The van der Waals surface area contributed by atoms with E-state index in [1.54, 1.807) is 13.0 Å². The zero-order valence-electron chi connectivity index (χ0n) is 17.9. The van der Waals surface area contributed by atoms with Crippen molar-refractivity contribution in [2.24, 2.45) is 0 Å². The highest BCUT2D eigenvalue weighted by Gasteiger charge is 2.29. The summed E-state index contributed by atoms with van der Waals surface area (Å²) in [4.78, 5) is 28.4. The zero-order chi connectivity index (χ0) is 22.0. The van der Waals surface area contributed by atoms with Gasteiger partial charge in [0.25, 0.3) is 5.91 Å². The predicted octanol–water partition coefficient (Wildman–Crippen LogP) is 5.26. The summed E-state index contributed by atoms with van der Waals surface area (Å²) in [7, 11) is 0. The molecule has 1 saturated heterocycles. The summed E-state index contributed by atoms with van der Waals surface area (Å²) in [5.41, 5.74) is 1.75. The molecular formula is C25H27FN2O2S. The van der Waals surface area contributed by atoms with Gasteiger partial charge in [0, 0.05) is 29.2 Å². The van der Waals surface area contributed by atoms with Gasteiger partial charge in [-0.05, 0) is 49.4 Å². The van der Waals surface area contributed by atoms with Crippen molar-refractivity contribution in [1.82, 2.24) is 10.2 Å². The summed E-state index contributed by atoms with van der Waals surface area (Å²) in [6.07, 6.45) is 2.21. The number of piperidine rings is 1. The first-order valence-electron chi connectivity index (χ1n) is 10.8. The molecule has 2 aromatic carbocycles. The number of carbonyl (C=O) groups is 2. The first kappa shape index (κ1) is 21.5. The fourth-order valence-corrected chi connectivity index (χ4v) is 5.55. The Labute approximate surface area is 186 Å². The van der Waals surface area contributed by atoms with E-state index < -0.39 is 0 Å². The molecule has 162 valence electrons. The van der Waals surface area contributed by atoms with Gasteiger partial charge in [0.15, 0.2) is 0 Å². The van der Waals surface area contributed by atoms with Crippen molar-refractivity contribution in [2.45, 2.75) is 45.1 Å². The van der Waals surface area contributed by atoms with E-state index in [0.717, 1.165) is 29.5 Å². The standard InChI is InChI=1S/C25H27FN2O2S/c1-3-19(17-8-5-4-6-9-17)25(30)28-14-12-18(13-15-28)27-24(29)23-16(2)22-20(26)10-7-11-21(22)31-23/h4-11,18-19H,3,12-15H2,1-2H3,(H,27,29). The van der Waals surface area contributed by atoms with Gasteiger partial charge in [0.2, 0.25) is 5.91 Å². The van der Waals surface area contributed by atoms with Crippen molar-refractivity contribution in [1.29, 1.82) is 0 Å². The van der Waals surface area contributed by atoms with E-state index in [4.69, 9.17) is 0 Å². The number of rotatable bonds is 5. The van der Waals surface area contributed by atoms with Gasteiger partial charge in [-0.2, -0.15) is 0 Å². The molecule has 0 radical (unpaired) electrons. The van der Waals surface area contributed by atoms with Crippen molar-refractivity contribution in [3.63, 3.8) is 0 Å². The maximum Gasteiger partial charge on any atom is 0.261 e. The van der Waals surface area contributed by atoms with E-state index in [9.17, 15) is 14.0 Å². The maximum atomic E-state index is 14.2. The number of fused-ring (bicyclic) bond motifs is 1. The predicted molar refractivity (Wildman–Crippen MR) is 123 cm³/mol. The molecule has 1 aliphatic rings. The van der Waals surface area contributed by atoms with Crippen molar-refractivity contribution < 1.29 is 14.0 Å². The van der Waals surface area contributed by atoms with E-state index in [1.165, 1.54) is 17.4 Å². The average molecular weight is 439 g/mol. The van der Waals surface area contributed by atoms with Crippen LogP contribution in [0.4, 0.5) is 4.39 Å². The topological polar surface area (TPSA) is 49.4 Å². The molecule has 1 aromatic heterocycles. The van der Waals surface area contributed by atoms with Gasteiger partial charge in [-0.1, -0.05) is 43.3 Å². The summed E-state index contributed by atoms with van der Waals surface area (Å²) < 4.78 is 14.9. The second-order valence-corrected chi connectivity index (χ2v) is 9.17. The van der Waals surface area contributed by atoms with Crippen LogP contribution in [0.5, 0.6) is 0 Å². The Morgan fingerprint density at radius 2 is 1.84 bits per heavy atom. The van der Waals surface area contributed by atoms with E-state index in [1.807, 2.05) is 48.2 Å². The SMILES string of the molecule is CCC(C(=O)N1CCC(NC(=O)c2sc3cccc(F)c3c2C)CC1)c1ccccc1. The monoisotopic (exact) mass is 438 g/mol. The minimum absolute atomic E-state index is 0.0165. The largest absolute Gasteiger partial charge is 0.348 e. The lowest BCUT2D eigenvalue weighted by Gasteiger charge is -2.34. The molecule has 3 aromatic rings. The third-order valence-electron chi connectivity index (χ3n) is 6.16. The Morgan fingerprint density at radius 3 is 2.48 bits per heavy atom. The summed E-state index contributed by atoms with van der Waals surface area (Å²) in [5.74, 6) is -0.405. The van der Waals surface area contributed by atoms with Crippen LogP contribution < -0.4 is 5.32 Å². The normalized spacial score (nSPS) is 15.8. The molecule has 0 spiro atoms. The Morgan fingerprint density at radius 1 is 1.13 bits per heavy atom. The van der Waals surface area contributed by atoms with Gasteiger partial charge in [-0.3, -0.25) is 9.59 Å². The molecule has 0 aliphatic carbocycles. The number of carbonyl (C=O) groups excluding carboxylic acids is 2. The van der Waals surface area contributed by atoms with Crippen LogP contribution in [0.2, 0.25) is 0 Å². The summed E-state index contributed by atoms with van der Waals surface area (Å²) >= 11 is 1.33. The third-order valence-corrected chi connectivity index (χ3v) is 7.42. The number of amides is 2. The molecule has 31 heavy (non-hydrogen) atoms.